The minimum absolute atomic E-state index is 0.630. The highest BCUT2D eigenvalue weighted by molar-refractivity contribution is 7.85. The van der Waals surface area contributed by atoms with Gasteiger partial charge in [0, 0.05) is 10.5 Å². The average Bonchev–Trinajstić information content (AvgIpc) is 2.83. The Balaban J connectivity index is 2.06. The van der Waals surface area contributed by atoms with E-state index in [0.29, 0.717) is 10.6 Å². The summed E-state index contributed by atoms with van der Waals surface area (Å²) in [4.78, 5) is 1.36. The van der Waals surface area contributed by atoms with E-state index in [9.17, 15) is 9.42 Å². The van der Waals surface area contributed by atoms with Crippen LogP contribution < -0.4 is 0 Å². The Labute approximate surface area is 132 Å². The number of aryl methyl sites for hydroxylation is 1. The van der Waals surface area contributed by atoms with E-state index in [1.165, 1.54) is 6.20 Å². The van der Waals surface area contributed by atoms with Crippen LogP contribution in [0.2, 0.25) is 0 Å². The molecule has 3 nitrogen and oxygen atoms in total. The summed E-state index contributed by atoms with van der Waals surface area (Å²) in [5.74, 6) is 0. The largest absolute Gasteiger partial charge is 0.428 e. The highest BCUT2D eigenvalue weighted by Gasteiger charge is 2.19. The molecule has 1 aromatic heterocycles. The molecule has 3 rings (SSSR count). The van der Waals surface area contributed by atoms with Crippen LogP contribution in [0.25, 0.3) is 11.3 Å². The fraction of sp³-hybridized carbons (Fsp3) is 0.111. The molecule has 0 saturated carbocycles. The molecule has 1 atom stereocenters. The number of benzene rings is 2. The summed E-state index contributed by atoms with van der Waals surface area (Å²) < 4.78 is 13.8. The van der Waals surface area contributed by atoms with Crippen molar-refractivity contribution in [3.63, 3.8) is 0 Å². The van der Waals surface area contributed by atoms with Gasteiger partial charge in [-0.3, -0.25) is 0 Å². The molecule has 4 heteroatoms. The lowest BCUT2D eigenvalue weighted by atomic mass is 10.1. The first kappa shape index (κ1) is 14.6. The van der Waals surface area contributed by atoms with E-state index in [1.807, 2.05) is 68.4 Å². The molecule has 0 saturated heterocycles. The Morgan fingerprint density at radius 3 is 2.23 bits per heavy atom. The lowest BCUT2D eigenvalue weighted by Gasteiger charge is -2.04. The molecule has 2 aromatic carbocycles. The van der Waals surface area contributed by atoms with Crippen molar-refractivity contribution in [2.45, 2.75) is 23.6 Å². The summed E-state index contributed by atoms with van der Waals surface area (Å²) in [6.45, 7) is 3.88. The van der Waals surface area contributed by atoms with Gasteiger partial charge in [-0.2, -0.15) is 4.73 Å². The number of nitrogens with zero attached hydrogens (tertiary/aromatic N) is 1. The Kier molecular flexibility index (Phi) is 3.86. The smallest absolute Gasteiger partial charge is 0.0907 e. The Morgan fingerprint density at radius 1 is 0.955 bits per heavy atom. The molecule has 22 heavy (non-hydrogen) atoms. The SMILES string of the molecule is Cc1ccc(S(=O)c2cn(O)c(-c3ccccc3)c2C)cc1. The molecule has 0 radical (unpaired) electrons. The zero-order chi connectivity index (χ0) is 15.7. The van der Waals surface area contributed by atoms with Gasteiger partial charge in [0.05, 0.1) is 27.6 Å². The Morgan fingerprint density at radius 2 is 1.59 bits per heavy atom. The van der Waals surface area contributed by atoms with Crippen molar-refractivity contribution in [3.8, 4) is 11.3 Å². The second-order valence-electron chi connectivity index (χ2n) is 5.26. The van der Waals surface area contributed by atoms with E-state index in [4.69, 9.17) is 0 Å². The van der Waals surface area contributed by atoms with E-state index in [-0.39, 0.29) is 0 Å². The van der Waals surface area contributed by atoms with Crippen molar-refractivity contribution < 1.29 is 9.42 Å². The van der Waals surface area contributed by atoms with Gasteiger partial charge in [-0.05, 0) is 31.5 Å². The molecule has 0 aliphatic carbocycles. The first-order valence-corrected chi connectivity index (χ1v) is 8.18. The minimum atomic E-state index is -1.31. The molecule has 1 unspecified atom stereocenters. The van der Waals surface area contributed by atoms with Gasteiger partial charge in [0.25, 0.3) is 0 Å². The Bertz CT molecular complexity index is 820. The molecule has 1 N–H and O–H groups in total. The molecular weight excluding hydrogens is 294 g/mol. The summed E-state index contributed by atoms with van der Waals surface area (Å²) >= 11 is 0. The third-order valence-electron chi connectivity index (χ3n) is 3.68. The fourth-order valence-corrected chi connectivity index (χ4v) is 3.69. The van der Waals surface area contributed by atoms with E-state index in [1.54, 1.807) is 0 Å². The first-order chi connectivity index (χ1) is 10.6. The van der Waals surface area contributed by atoms with E-state index < -0.39 is 10.8 Å². The van der Waals surface area contributed by atoms with E-state index >= 15 is 0 Å². The second kappa shape index (κ2) is 5.81. The molecule has 112 valence electrons. The lowest BCUT2D eigenvalue weighted by Crippen LogP contribution is -1.93. The maximum atomic E-state index is 12.8. The van der Waals surface area contributed by atoms with Crippen LogP contribution in [0, 0.1) is 13.8 Å². The topological polar surface area (TPSA) is 42.2 Å². The molecule has 0 amide bonds. The van der Waals surface area contributed by atoms with Gasteiger partial charge in [0.2, 0.25) is 0 Å². The van der Waals surface area contributed by atoms with E-state index in [2.05, 4.69) is 0 Å². The standard InChI is InChI=1S/C18H17NO2S/c1-13-8-10-16(11-9-13)22(21)17-12-19(20)18(14(17)2)15-6-4-3-5-7-15/h3-12,20H,1-2H3. The molecule has 0 aliphatic rings. The van der Waals surface area contributed by atoms with Gasteiger partial charge < -0.3 is 5.21 Å². The number of hydrogen-bond acceptors (Lipinski definition) is 2. The van der Waals surface area contributed by atoms with Gasteiger partial charge in [0.15, 0.2) is 0 Å². The van der Waals surface area contributed by atoms with Crippen molar-refractivity contribution in [2.24, 2.45) is 0 Å². The molecule has 0 spiro atoms. The summed E-state index contributed by atoms with van der Waals surface area (Å²) in [6, 6.07) is 17.2. The van der Waals surface area contributed by atoms with Gasteiger partial charge >= 0.3 is 0 Å². The number of rotatable bonds is 3. The van der Waals surface area contributed by atoms with Crippen LogP contribution in [-0.2, 0) is 10.8 Å². The number of aromatic nitrogens is 1. The maximum Gasteiger partial charge on any atom is 0.0907 e. The quantitative estimate of drug-likeness (QED) is 0.737. The number of hydrogen-bond donors (Lipinski definition) is 1. The van der Waals surface area contributed by atoms with Crippen LogP contribution in [0.15, 0.2) is 70.6 Å². The minimum Gasteiger partial charge on any atom is -0.428 e. The summed E-state index contributed by atoms with van der Waals surface area (Å²) in [5, 5.41) is 10.2. The third kappa shape index (κ3) is 2.57. The summed E-state index contributed by atoms with van der Waals surface area (Å²) in [5.41, 5.74) is 3.53. The molecule has 0 fully saturated rings. The van der Waals surface area contributed by atoms with Crippen LogP contribution in [0.3, 0.4) is 0 Å². The van der Waals surface area contributed by atoms with Crippen molar-refractivity contribution in [3.05, 3.63) is 71.9 Å². The van der Waals surface area contributed by atoms with E-state index in [0.717, 1.165) is 26.3 Å². The summed E-state index contributed by atoms with van der Waals surface area (Å²) in [6.07, 6.45) is 1.54. The second-order valence-corrected chi connectivity index (χ2v) is 6.71. The highest BCUT2D eigenvalue weighted by Crippen LogP contribution is 2.30. The average molecular weight is 311 g/mol. The fourth-order valence-electron chi connectivity index (χ4n) is 2.48. The van der Waals surface area contributed by atoms with Gasteiger partial charge in [0.1, 0.15) is 0 Å². The summed E-state index contributed by atoms with van der Waals surface area (Å²) in [7, 11) is -1.31. The van der Waals surface area contributed by atoms with Crippen LogP contribution in [-0.4, -0.2) is 14.1 Å². The van der Waals surface area contributed by atoms with Crippen molar-refractivity contribution in [2.75, 3.05) is 0 Å². The van der Waals surface area contributed by atoms with Crippen molar-refractivity contribution >= 4 is 10.8 Å². The lowest BCUT2D eigenvalue weighted by molar-refractivity contribution is 0.191. The monoisotopic (exact) mass is 311 g/mol. The zero-order valence-corrected chi connectivity index (χ0v) is 13.3. The molecule has 0 bridgehead atoms. The maximum absolute atomic E-state index is 12.8. The predicted molar refractivity (Wildman–Crippen MR) is 87.6 cm³/mol. The first-order valence-electron chi connectivity index (χ1n) is 7.03. The van der Waals surface area contributed by atoms with Crippen LogP contribution in [0.5, 0.6) is 0 Å². The Hall–Kier alpha value is -2.33. The van der Waals surface area contributed by atoms with Crippen LogP contribution >= 0.6 is 0 Å². The zero-order valence-electron chi connectivity index (χ0n) is 12.5. The third-order valence-corrected chi connectivity index (χ3v) is 5.19. The van der Waals surface area contributed by atoms with Gasteiger partial charge in [-0.15, -0.1) is 0 Å². The van der Waals surface area contributed by atoms with Crippen LogP contribution in [0.4, 0.5) is 0 Å². The molecular formula is C18H17NO2S. The normalized spacial score (nSPS) is 12.3. The molecule has 1 heterocycles. The molecule has 0 aliphatic heterocycles. The highest BCUT2D eigenvalue weighted by atomic mass is 32.2. The van der Waals surface area contributed by atoms with Crippen molar-refractivity contribution in [1.29, 1.82) is 0 Å². The predicted octanol–water partition coefficient (Wildman–Crippen LogP) is 4.18. The van der Waals surface area contributed by atoms with Crippen molar-refractivity contribution in [1.82, 2.24) is 4.73 Å². The van der Waals surface area contributed by atoms with Gasteiger partial charge in [-0.25, -0.2) is 4.21 Å². The van der Waals surface area contributed by atoms with Crippen LogP contribution in [0.1, 0.15) is 11.1 Å². The van der Waals surface area contributed by atoms with Gasteiger partial charge in [-0.1, -0.05) is 48.0 Å². The molecule has 3 aromatic rings.